The summed E-state index contributed by atoms with van der Waals surface area (Å²) in [6, 6.07) is 6.28. The molecule has 2 heterocycles. The summed E-state index contributed by atoms with van der Waals surface area (Å²) in [5.41, 5.74) is 9.92. The van der Waals surface area contributed by atoms with Crippen molar-refractivity contribution in [3.63, 3.8) is 0 Å². The summed E-state index contributed by atoms with van der Waals surface area (Å²) < 4.78 is 0. The van der Waals surface area contributed by atoms with Crippen LogP contribution >= 0.6 is 0 Å². The van der Waals surface area contributed by atoms with Gasteiger partial charge in [0.15, 0.2) is 0 Å². The van der Waals surface area contributed by atoms with Crippen molar-refractivity contribution in [1.29, 1.82) is 0 Å². The summed E-state index contributed by atoms with van der Waals surface area (Å²) in [6.45, 7) is 7.62. The molecule has 112 valence electrons. The van der Waals surface area contributed by atoms with Gasteiger partial charge in [-0.05, 0) is 62.4 Å². The summed E-state index contributed by atoms with van der Waals surface area (Å²) >= 11 is 0. The normalized spacial score (nSPS) is 19.5. The highest BCUT2D eigenvalue weighted by molar-refractivity contribution is 5.82. The molecule has 0 saturated carbocycles. The quantitative estimate of drug-likeness (QED) is 0.906. The van der Waals surface area contributed by atoms with E-state index < -0.39 is 0 Å². The Bertz CT molecular complexity index is 720. The van der Waals surface area contributed by atoms with Crippen LogP contribution in [0, 0.1) is 19.8 Å². The van der Waals surface area contributed by atoms with E-state index in [9.17, 15) is 4.79 Å². The molecule has 3 N–H and O–H groups in total. The van der Waals surface area contributed by atoms with E-state index in [0.717, 1.165) is 54.6 Å². The van der Waals surface area contributed by atoms with Crippen molar-refractivity contribution in [1.82, 2.24) is 9.88 Å². The molecule has 0 aliphatic carbocycles. The lowest BCUT2D eigenvalue weighted by Gasteiger charge is -2.16. The second kappa shape index (κ2) is 5.62. The first-order chi connectivity index (χ1) is 10.1. The Balaban J connectivity index is 1.92. The van der Waals surface area contributed by atoms with E-state index in [2.05, 4.69) is 28.9 Å². The number of hydrogen-bond acceptors (Lipinski definition) is 3. The molecule has 3 rings (SSSR count). The zero-order valence-electron chi connectivity index (χ0n) is 12.8. The molecular formula is C17H23N3O. The third kappa shape index (κ3) is 2.87. The number of fused-ring (bicyclic) bond motifs is 1. The summed E-state index contributed by atoms with van der Waals surface area (Å²) in [5.74, 6) is 0.578. The van der Waals surface area contributed by atoms with Gasteiger partial charge in [-0.1, -0.05) is 11.6 Å². The summed E-state index contributed by atoms with van der Waals surface area (Å²) in [5, 5.41) is 1.12. The first-order valence-electron chi connectivity index (χ1n) is 7.62. The van der Waals surface area contributed by atoms with Crippen molar-refractivity contribution in [3.8, 4) is 0 Å². The standard InChI is InChI=1S/C17H23N3O/c1-11-5-12(2)16-14(6-11)7-15(17(21)19-16)10-20-4-3-13(8-18)9-20/h5-7,13H,3-4,8-10,18H2,1-2H3,(H,19,21). The fourth-order valence-corrected chi connectivity index (χ4v) is 3.34. The van der Waals surface area contributed by atoms with Crippen LogP contribution in [0.1, 0.15) is 23.1 Å². The molecule has 0 spiro atoms. The summed E-state index contributed by atoms with van der Waals surface area (Å²) in [7, 11) is 0. The third-order valence-electron chi connectivity index (χ3n) is 4.47. The first kappa shape index (κ1) is 14.3. The average molecular weight is 285 g/mol. The number of H-pyrrole nitrogens is 1. The predicted molar refractivity (Wildman–Crippen MR) is 86.5 cm³/mol. The highest BCUT2D eigenvalue weighted by Gasteiger charge is 2.22. The molecule has 1 atom stereocenters. The van der Waals surface area contributed by atoms with Crippen LogP contribution in [0.25, 0.3) is 10.9 Å². The molecule has 4 heteroatoms. The number of rotatable bonds is 3. The minimum Gasteiger partial charge on any atom is -0.330 e. The Kier molecular flexibility index (Phi) is 3.83. The second-order valence-electron chi connectivity index (χ2n) is 6.30. The molecule has 1 aromatic heterocycles. The Morgan fingerprint density at radius 2 is 2.14 bits per heavy atom. The SMILES string of the molecule is Cc1cc(C)c2[nH]c(=O)c(CN3CCC(CN)C3)cc2c1. The molecule has 4 nitrogen and oxygen atoms in total. The molecule has 1 aliphatic rings. The number of nitrogens with two attached hydrogens (primary N) is 1. The van der Waals surface area contributed by atoms with Crippen LogP contribution in [0.15, 0.2) is 23.0 Å². The molecule has 1 fully saturated rings. The lowest BCUT2D eigenvalue weighted by Crippen LogP contribution is -2.26. The monoisotopic (exact) mass is 285 g/mol. The minimum atomic E-state index is 0.0330. The molecule has 2 aromatic rings. The molecule has 1 saturated heterocycles. The number of benzene rings is 1. The van der Waals surface area contributed by atoms with E-state index in [-0.39, 0.29) is 5.56 Å². The molecule has 1 unspecified atom stereocenters. The van der Waals surface area contributed by atoms with Gasteiger partial charge in [-0.15, -0.1) is 0 Å². The van der Waals surface area contributed by atoms with Crippen molar-refractivity contribution in [2.24, 2.45) is 11.7 Å². The molecule has 1 aromatic carbocycles. The maximum absolute atomic E-state index is 12.3. The van der Waals surface area contributed by atoms with Gasteiger partial charge in [0.2, 0.25) is 0 Å². The minimum absolute atomic E-state index is 0.0330. The van der Waals surface area contributed by atoms with Gasteiger partial charge in [0.1, 0.15) is 0 Å². The van der Waals surface area contributed by atoms with Gasteiger partial charge in [0, 0.05) is 18.7 Å². The van der Waals surface area contributed by atoms with E-state index in [0.29, 0.717) is 5.92 Å². The van der Waals surface area contributed by atoms with Crippen molar-refractivity contribution in [2.45, 2.75) is 26.8 Å². The average Bonchev–Trinajstić information content (AvgIpc) is 2.88. The van der Waals surface area contributed by atoms with Gasteiger partial charge in [-0.25, -0.2) is 0 Å². The first-order valence-corrected chi connectivity index (χ1v) is 7.62. The van der Waals surface area contributed by atoms with Gasteiger partial charge in [0.05, 0.1) is 5.52 Å². The number of nitrogens with zero attached hydrogens (tertiary/aromatic N) is 1. The maximum Gasteiger partial charge on any atom is 0.252 e. The molecular weight excluding hydrogens is 262 g/mol. The van der Waals surface area contributed by atoms with Crippen LogP contribution in [-0.4, -0.2) is 29.5 Å². The van der Waals surface area contributed by atoms with Gasteiger partial charge < -0.3 is 10.7 Å². The molecule has 0 amide bonds. The number of pyridine rings is 1. The highest BCUT2D eigenvalue weighted by Crippen LogP contribution is 2.20. The molecule has 0 radical (unpaired) electrons. The van der Waals surface area contributed by atoms with E-state index in [1.807, 2.05) is 13.0 Å². The van der Waals surface area contributed by atoms with Gasteiger partial charge >= 0.3 is 0 Å². The second-order valence-corrected chi connectivity index (χ2v) is 6.30. The number of aryl methyl sites for hydroxylation is 2. The van der Waals surface area contributed by atoms with Gasteiger partial charge in [-0.2, -0.15) is 0 Å². The number of likely N-dealkylation sites (tertiary alicyclic amines) is 1. The highest BCUT2D eigenvalue weighted by atomic mass is 16.1. The van der Waals surface area contributed by atoms with Crippen LogP contribution in [0.2, 0.25) is 0 Å². The lowest BCUT2D eigenvalue weighted by molar-refractivity contribution is 0.316. The maximum atomic E-state index is 12.3. The van der Waals surface area contributed by atoms with Crippen molar-refractivity contribution in [3.05, 3.63) is 45.2 Å². The summed E-state index contributed by atoms with van der Waals surface area (Å²) in [4.78, 5) is 17.7. The molecule has 21 heavy (non-hydrogen) atoms. The van der Waals surface area contributed by atoms with Crippen LogP contribution in [0.3, 0.4) is 0 Å². The Morgan fingerprint density at radius 3 is 2.86 bits per heavy atom. The van der Waals surface area contributed by atoms with Gasteiger partial charge in [0.25, 0.3) is 5.56 Å². The van der Waals surface area contributed by atoms with Gasteiger partial charge in [-0.3, -0.25) is 9.69 Å². The van der Waals surface area contributed by atoms with E-state index >= 15 is 0 Å². The van der Waals surface area contributed by atoms with Crippen molar-refractivity contribution in [2.75, 3.05) is 19.6 Å². The number of aromatic nitrogens is 1. The zero-order valence-corrected chi connectivity index (χ0v) is 12.8. The van der Waals surface area contributed by atoms with Crippen molar-refractivity contribution < 1.29 is 0 Å². The van der Waals surface area contributed by atoms with Crippen LogP contribution in [-0.2, 0) is 6.54 Å². The third-order valence-corrected chi connectivity index (χ3v) is 4.47. The van der Waals surface area contributed by atoms with Crippen molar-refractivity contribution >= 4 is 10.9 Å². The van der Waals surface area contributed by atoms with Crippen LogP contribution < -0.4 is 11.3 Å². The summed E-state index contributed by atoms with van der Waals surface area (Å²) in [6.07, 6.45) is 1.14. The zero-order chi connectivity index (χ0) is 15.0. The topological polar surface area (TPSA) is 62.1 Å². The predicted octanol–water partition coefficient (Wildman–Crippen LogP) is 1.93. The van der Waals surface area contributed by atoms with Crippen LogP contribution in [0.4, 0.5) is 0 Å². The molecule has 1 aliphatic heterocycles. The number of aromatic amines is 1. The number of nitrogens with one attached hydrogen (secondary N) is 1. The fraction of sp³-hybridized carbons (Fsp3) is 0.471. The Morgan fingerprint density at radius 1 is 1.33 bits per heavy atom. The van der Waals surface area contributed by atoms with E-state index in [1.54, 1.807) is 0 Å². The Labute approximate surface area is 125 Å². The van der Waals surface area contributed by atoms with Crippen LogP contribution in [0.5, 0.6) is 0 Å². The smallest absolute Gasteiger partial charge is 0.252 e. The molecule has 0 bridgehead atoms. The fourth-order valence-electron chi connectivity index (χ4n) is 3.34. The Hall–Kier alpha value is -1.65. The largest absolute Gasteiger partial charge is 0.330 e. The number of hydrogen-bond donors (Lipinski definition) is 2. The lowest BCUT2D eigenvalue weighted by atomic mass is 10.1. The van der Waals surface area contributed by atoms with E-state index in [4.69, 9.17) is 5.73 Å². The van der Waals surface area contributed by atoms with E-state index in [1.165, 1.54) is 5.56 Å².